The first-order chi connectivity index (χ1) is 11.3. The summed E-state index contributed by atoms with van der Waals surface area (Å²) in [5.74, 6) is 0.943. The summed E-state index contributed by atoms with van der Waals surface area (Å²) in [6.07, 6.45) is 27.2. The van der Waals surface area contributed by atoms with E-state index in [2.05, 4.69) is 20.8 Å². The third kappa shape index (κ3) is 20.0. The van der Waals surface area contributed by atoms with Crippen molar-refractivity contribution in [1.29, 1.82) is 0 Å². The Morgan fingerprint density at radius 1 is 0.522 bits per heavy atom. The Labute approximate surface area is 149 Å². The normalized spacial score (nSPS) is 12.7. The molecule has 23 heavy (non-hydrogen) atoms. The minimum atomic E-state index is 0.943. The molecule has 0 aromatic carbocycles. The van der Waals surface area contributed by atoms with Crippen molar-refractivity contribution in [1.82, 2.24) is 0 Å². The Kier molecular flexibility index (Phi) is 20.0. The van der Waals surface area contributed by atoms with Crippen LogP contribution in [0, 0.1) is 12.8 Å². The lowest BCUT2D eigenvalue weighted by atomic mass is 9.96. The molecular weight excluding hydrogens is 276 g/mol. The van der Waals surface area contributed by atoms with E-state index >= 15 is 0 Å². The van der Waals surface area contributed by atoms with Crippen LogP contribution in [0.25, 0.3) is 0 Å². The average Bonchev–Trinajstić information content (AvgIpc) is 2.55. The van der Waals surface area contributed by atoms with E-state index in [-0.39, 0.29) is 0 Å². The summed E-state index contributed by atoms with van der Waals surface area (Å²) in [6, 6.07) is 0. The van der Waals surface area contributed by atoms with Crippen molar-refractivity contribution in [3.63, 3.8) is 0 Å². The highest BCUT2D eigenvalue weighted by Gasteiger charge is 2.01. The third-order valence-corrected chi connectivity index (χ3v) is 5.25. The van der Waals surface area contributed by atoms with E-state index in [1.165, 1.54) is 116 Å². The summed E-state index contributed by atoms with van der Waals surface area (Å²) in [7, 11) is 0. The molecule has 0 spiro atoms. The second-order valence-corrected chi connectivity index (χ2v) is 7.84. The number of unbranched alkanes of at least 4 members (excludes halogenated alkanes) is 15. The van der Waals surface area contributed by atoms with Crippen LogP contribution in [0.3, 0.4) is 0 Å². The molecule has 139 valence electrons. The van der Waals surface area contributed by atoms with Gasteiger partial charge in [-0.3, -0.25) is 0 Å². The van der Waals surface area contributed by atoms with E-state index in [4.69, 9.17) is 0 Å². The number of hydrogen-bond acceptors (Lipinski definition) is 0. The Morgan fingerprint density at radius 2 is 0.870 bits per heavy atom. The zero-order chi connectivity index (χ0) is 17.0. The largest absolute Gasteiger partial charge is 0.0654 e. The second kappa shape index (κ2) is 20.0. The van der Waals surface area contributed by atoms with Gasteiger partial charge in [-0.2, -0.15) is 0 Å². The first-order valence-electron chi connectivity index (χ1n) is 11.1. The molecule has 0 aromatic rings. The highest BCUT2D eigenvalue weighted by atomic mass is 14.1. The van der Waals surface area contributed by atoms with E-state index in [0.29, 0.717) is 0 Å². The van der Waals surface area contributed by atoms with Crippen LogP contribution >= 0.6 is 0 Å². The zero-order valence-corrected chi connectivity index (χ0v) is 16.7. The average molecular weight is 324 g/mol. The fourth-order valence-corrected chi connectivity index (χ4v) is 3.50. The minimum Gasteiger partial charge on any atom is -0.0654 e. The molecule has 0 heteroatoms. The monoisotopic (exact) mass is 323 g/mol. The maximum Gasteiger partial charge on any atom is -0.0443 e. The molecule has 0 saturated carbocycles. The van der Waals surface area contributed by atoms with Crippen molar-refractivity contribution in [2.75, 3.05) is 0 Å². The van der Waals surface area contributed by atoms with Gasteiger partial charge in [0.2, 0.25) is 0 Å². The molecule has 0 bridgehead atoms. The molecule has 0 rings (SSSR count). The predicted octanol–water partition coefficient (Wildman–Crippen LogP) is 8.89. The lowest BCUT2D eigenvalue weighted by Gasteiger charge is -2.10. The zero-order valence-electron chi connectivity index (χ0n) is 16.7. The van der Waals surface area contributed by atoms with Crippen molar-refractivity contribution in [3.05, 3.63) is 6.92 Å². The first kappa shape index (κ1) is 23.0. The molecule has 1 radical (unpaired) electrons. The fourth-order valence-electron chi connectivity index (χ4n) is 3.50. The van der Waals surface area contributed by atoms with E-state index in [9.17, 15) is 0 Å². The van der Waals surface area contributed by atoms with Crippen molar-refractivity contribution >= 4 is 0 Å². The molecular formula is C23H47. The van der Waals surface area contributed by atoms with Gasteiger partial charge >= 0.3 is 0 Å². The summed E-state index contributed by atoms with van der Waals surface area (Å²) < 4.78 is 0. The number of hydrogen-bond donors (Lipinski definition) is 0. The van der Waals surface area contributed by atoms with Gasteiger partial charge in [-0.15, -0.1) is 0 Å². The van der Waals surface area contributed by atoms with Gasteiger partial charge in [-0.1, -0.05) is 143 Å². The highest BCUT2D eigenvalue weighted by molar-refractivity contribution is 4.56. The maximum absolute atomic E-state index is 3.92. The quantitative estimate of drug-likeness (QED) is 0.208. The summed E-state index contributed by atoms with van der Waals surface area (Å²) in [4.78, 5) is 0. The van der Waals surface area contributed by atoms with Gasteiger partial charge in [-0.25, -0.2) is 0 Å². The van der Waals surface area contributed by atoms with Crippen molar-refractivity contribution in [2.24, 2.45) is 5.92 Å². The standard InChI is InChI=1S/C23H47/c1-4-6-8-9-10-11-12-13-14-15-16-17-18-20-22-23(3)21-19-7-5-2/h23H,2,4-22H2,1,3H3. The Hall–Kier alpha value is 0. The second-order valence-electron chi connectivity index (χ2n) is 7.84. The van der Waals surface area contributed by atoms with Crippen LogP contribution in [0.5, 0.6) is 0 Å². The van der Waals surface area contributed by atoms with Gasteiger partial charge in [0.25, 0.3) is 0 Å². The minimum absolute atomic E-state index is 0.943. The summed E-state index contributed by atoms with van der Waals surface area (Å²) in [5, 5.41) is 0. The van der Waals surface area contributed by atoms with Crippen LogP contribution in [0.4, 0.5) is 0 Å². The summed E-state index contributed by atoms with van der Waals surface area (Å²) >= 11 is 0. The maximum atomic E-state index is 3.92. The topological polar surface area (TPSA) is 0 Å². The molecule has 0 aliphatic rings. The lowest BCUT2D eigenvalue weighted by molar-refractivity contribution is 0.437. The first-order valence-corrected chi connectivity index (χ1v) is 11.1. The molecule has 0 aliphatic heterocycles. The van der Waals surface area contributed by atoms with E-state index in [1.807, 2.05) is 0 Å². The van der Waals surface area contributed by atoms with Crippen LogP contribution in [0.15, 0.2) is 0 Å². The van der Waals surface area contributed by atoms with E-state index < -0.39 is 0 Å². The highest BCUT2D eigenvalue weighted by Crippen LogP contribution is 2.18. The van der Waals surface area contributed by atoms with E-state index in [1.54, 1.807) is 0 Å². The smallest absolute Gasteiger partial charge is 0.0443 e. The SMILES string of the molecule is [CH2]CCCCC(C)CCCCCCCCCCCCCCCC. The molecule has 0 aliphatic carbocycles. The molecule has 1 atom stereocenters. The third-order valence-electron chi connectivity index (χ3n) is 5.25. The van der Waals surface area contributed by atoms with Crippen molar-refractivity contribution < 1.29 is 0 Å². The Balaban J connectivity index is 3.05. The molecule has 0 fully saturated rings. The molecule has 0 N–H and O–H groups in total. The number of rotatable bonds is 19. The van der Waals surface area contributed by atoms with Crippen LogP contribution in [0.2, 0.25) is 0 Å². The van der Waals surface area contributed by atoms with Crippen LogP contribution < -0.4 is 0 Å². The summed E-state index contributed by atoms with van der Waals surface area (Å²) in [5.41, 5.74) is 0. The molecule has 0 amide bonds. The molecule has 0 aromatic heterocycles. The molecule has 0 nitrogen and oxygen atoms in total. The predicted molar refractivity (Wildman–Crippen MR) is 108 cm³/mol. The molecule has 1 unspecified atom stereocenters. The van der Waals surface area contributed by atoms with Crippen LogP contribution in [0.1, 0.15) is 136 Å². The van der Waals surface area contributed by atoms with E-state index in [0.717, 1.165) is 12.3 Å². The van der Waals surface area contributed by atoms with Gasteiger partial charge in [0, 0.05) is 0 Å². The van der Waals surface area contributed by atoms with Gasteiger partial charge in [0.05, 0.1) is 0 Å². The van der Waals surface area contributed by atoms with Gasteiger partial charge < -0.3 is 0 Å². The van der Waals surface area contributed by atoms with Crippen LogP contribution in [-0.4, -0.2) is 0 Å². The lowest BCUT2D eigenvalue weighted by Crippen LogP contribution is -1.94. The Morgan fingerprint density at radius 3 is 1.26 bits per heavy atom. The fraction of sp³-hybridized carbons (Fsp3) is 0.957. The summed E-state index contributed by atoms with van der Waals surface area (Å²) in [6.45, 7) is 8.66. The van der Waals surface area contributed by atoms with Crippen LogP contribution in [-0.2, 0) is 0 Å². The van der Waals surface area contributed by atoms with Gasteiger partial charge in [-0.05, 0) is 5.92 Å². The molecule has 0 heterocycles. The Bertz CT molecular complexity index is 196. The van der Waals surface area contributed by atoms with Gasteiger partial charge in [0.15, 0.2) is 0 Å². The molecule has 0 saturated heterocycles. The van der Waals surface area contributed by atoms with Crippen molar-refractivity contribution in [3.8, 4) is 0 Å². The van der Waals surface area contributed by atoms with Gasteiger partial charge in [0.1, 0.15) is 0 Å². The van der Waals surface area contributed by atoms with Crippen molar-refractivity contribution in [2.45, 2.75) is 136 Å².